The molecule has 0 aliphatic carbocycles. The fourth-order valence-corrected chi connectivity index (χ4v) is 9.49. The Labute approximate surface area is 298 Å². The molecule has 0 unspecified atom stereocenters. The number of hydrogen-bond acceptors (Lipinski definition) is 1. The smallest absolute Gasteiger partial charge is 0.0641 e. The molecule has 11 rings (SSSR count). The van der Waals surface area contributed by atoms with Crippen LogP contribution >= 0.6 is 11.3 Å². The van der Waals surface area contributed by atoms with Crippen molar-refractivity contribution < 1.29 is 0 Å². The highest BCUT2D eigenvalue weighted by Crippen LogP contribution is 2.45. The fraction of sp³-hybridized carbons (Fsp3) is 0. The van der Waals surface area contributed by atoms with Crippen molar-refractivity contribution in [3.8, 4) is 33.6 Å². The van der Waals surface area contributed by atoms with E-state index in [4.69, 9.17) is 0 Å². The highest BCUT2D eigenvalue weighted by Gasteiger charge is 2.22. The molecule has 0 bridgehead atoms. The minimum Gasteiger partial charge on any atom is -0.309 e. The van der Waals surface area contributed by atoms with Crippen LogP contribution in [-0.2, 0) is 0 Å². The van der Waals surface area contributed by atoms with Crippen LogP contribution in [0.25, 0.3) is 97.4 Å². The Morgan fingerprint density at radius 2 is 0.961 bits per heavy atom. The number of hydrogen-bond donors (Lipinski definition) is 0. The normalized spacial score (nSPS) is 11.9. The van der Waals surface area contributed by atoms with Gasteiger partial charge in [0.05, 0.1) is 32.5 Å². The summed E-state index contributed by atoms with van der Waals surface area (Å²) < 4.78 is 7.62. The Balaban J connectivity index is 1.20. The van der Waals surface area contributed by atoms with Gasteiger partial charge in [0, 0.05) is 42.7 Å². The molecule has 0 saturated carbocycles. The predicted molar refractivity (Wildman–Crippen MR) is 219 cm³/mol. The summed E-state index contributed by atoms with van der Waals surface area (Å²) in [6.07, 6.45) is 0. The lowest BCUT2D eigenvalue weighted by Gasteiger charge is -2.12. The number of para-hydroxylation sites is 2. The Kier molecular flexibility index (Phi) is 6.16. The van der Waals surface area contributed by atoms with Crippen LogP contribution in [0.5, 0.6) is 0 Å². The monoisotopic (exact) mass is 666 g/mol. The minimum absolute atomic E-state index is 1.15. The molecule has 0 atom stereocenters. The molecule has 0 spiro atoms. The van der Waals surface area contributed by atoms with Gasteiger partial charge in [0.15, 0.2) is 0 Å². The summed E-state index contributed by atoms with van der Waals surface area (Å²) in [5, 5.41) is 7.68. The first-order chi connectivity index (χ1) is 25.3. The molecule has 8 aromatic carbocycles. The molecule has 2 nitrogen and oxygen atoms in total. The van der Waals surface area contributed by atoms with Crippen molar-refractivity contribution in [1.29, 1.82) is 0 Å². The van der Waals surface area contributed by atoms with E-state index in [0.717, 1.165) is 5.69 Å². The summed E-state index contributed by atoms with van der Waals surface area (Å²) in [6, 6.07) is 66.5. The summed E-state index contributed by atoms with van der Waals surface area (Å²) in [5.41, 5.74) is 12.1. The third kappa shape index (κ3) is 4.22. The van der Waals surface area contributed by atoms with Gasteiger partial charge in [-0.15, -0.1) is 11.3 Å². The molecule has 0 N–H and O–H groups in total. The van der Waals surface area contributed by atoms with Gasteiger partial charge in [-0.2, -0.15) is 0 Å². The van der Waals surface area contributed by atoms with Crippen LogP contribution < -0.4 is 0 Å². The van der Waals surface area contributed by atoms with Gasteiger partial charge in [-0.05, 0) is 70.8 Å². The van der Waals surface area contributed by atoms with Gasteiger partial charge in [-0.1, -0.05) is 133 Å². The van der Waals surface area contributed by atoms with E-state index < -0.39 is 0 Å². The van der Waals surface area contributed by atoms with E-state index >= 15 is 0 Å². The highest BCUT2D eigenvalue weighted by atomic mass is 32.1. The molecule has 0 amide bonds. The molecule has 0 aliphatic heterocycles. The number of thiophene rings is 1. The van der Waals surface area contributed by atoms with E-state index in [1.54, 1.807) is 0 Å². The van der Waals surface area contributed by atoms with E-state index in [9.17, 15) is 0 Å². The van der Waals surface area contributed by atoms with Crippen LogP contribution in [0.2, 0.25) is 0 Å². The molecule has 11 aromatic rings. The first-order valence-electron chi connectivity index (χ1n) is 17.4. The number of fused-ring (bicyclic) bond motifs is 10. The fourth-order valence-electron chi connectivity index (χ4n) is 8.28. The van der Waals surface area contributed by atoms with E-state index in [1.807, 2.05) is 11.3 Å². The summed E-state index contributed by atoms with van der Waals surface area (Å²) in [6.45, 7) is 0. The lowest BCUT2D eigenvalue weighted by Crippen LogP contribution is -1.96. The summed E-state index contributed by atoms with van der Waals surface area (Å²) in [5.74, 6) is 0. The van der Waals surface area contributed by atoms with E-state index in [2.05, 4.69) is 191 Å². The molecule has 238 valence electrons. The van der Waals surface area contributed by atoms with Crippen molar-refractivity contribution in [1.82, 2.24) is 9.13 Å². The summed E-state index contributed by atoms with van der Waals surface area (Å²) in [4.78, 5) is 0. The topological polar surface area (TPSA) is 9.86 Å². The second-order valence-corrected chi connectivity index (χ2v) is 14.4. The van der Waals surface area contributed by atoms with Gasteiger partial charge >= 0.3 is 0 Å². The molecule has 0 radical (unpaired) electrons. The van der Waals surface area contributed by atoms with Gasteiger partial charge < -0.3 is 9.13 Å². The van der Waals surface area contributed by atoms with Gasteiger partial charge in [0.1, 0.15) is 0 Å². The van der Waals surface area contributed by atoms with E-state index in [0.29, 0.717) is 0 Å². The first kappa shape index (κ1) is 28.4. The molecule has 0 saturated heterocycles. The number of nitrogens with zero attached hydrogens (tertiary/aromatic N) is 2. The summed E-state index contributed by atoms with van der Waals surface area (Å²) >= 11 is 1.89. The van der Waals surface area contributed by atoms with Crippen molar-refractivity contribution in [3.05, 3.63) is 182 Å². The van der Waals surface area contributed by atoms with Gasteiger partial charge in [-0.25, -0.2) is 0 Å². The van der Waals surface area contributed by atoms with Crippen LogP contribution in [0.15, 0.2) is 182 Å². The molecule has 3 heteroatoms. The molecular formula is C48H30N2S. The average molecular weight is 667 g/mol. The molecule has 51 heavy (non-hydrogen) atoms. The molecule has 0 aliphatic rings. The maximum atomic E-state index is 2.53. The zero-order chi connectivity index (χ0) is 33.5. The first-order valence-corrected chi connectivity index (χ1v) is 18.3. The summed E-state index contributed by atoms with van der Waals surface area (Å²) in [7, 11) is 0. The maximum Gasteiger partial charge on any atom is 0.0641 e. The minimum atomic E-state index is 1.15. The quantitative estimate of drug-likeness (QED) is 0.177. The predicted octanol–water partition coefficient (Wildman–Crippen LogP) is 13.6. The number of benzene rings is 8. The highest BCUT2D eigenvalue weighted by molar-refractivity contribution is 7.26. The molecular weight excluding hydrogens is 637 g/mol. The average Bonchev–Trinajstić information content (AvgIpc) is 3.86. The van der Waals surface area contributed by atoms with Crippen molar-refractivity contribution in [3.63, 3.8) is 0 Å². The van der Waals surface area contributed by atoms with E-state index in [-0.39, 0.29) is 0 Å². The lowest BCUT2D eigenvalue weighted by molar-refractivity contribution is 1.18. The lowest BCUT2D eigenvalue weighted by atomic mass is 9.99. The van der Waals surface area contributed by atoms with Crippen LogP contribution in [0.3, 0.4) is 0 Å². The van der Waals surface area contributed by atoms with Crippen molar-refractivity contribution in [2.24, 2.45) is 0 Å². The van der Waals surface area contributed by atoms with Gasteiger partial charge in [-0.3, -0.25) is 0 Å². The van der Waals surface area contributed by atoms with E-state index in [1.165, 1.54) is 91.7 Å². The largest absolute Gasteiger partial charge is 0.309 e. The second kappa shape index (κ2) is 11.0. The van der Waals surface area contributed by atoms with Crippen molar-refractivity contribution in [2.45, 2.75) is 0 Å². The standard InChI is InChI=1S/C48H30N2S/c1-2-13-31(14-3-1)32-15-10-16-33(29-32)34-17-11-18-35(30-34)49-42-24-8-5-21-40(42)46-43(49)28-27-38-36-19-4-7-23-41(36)50(47(38)46)44-25-12-22-39-37-20-6-9-26-45(37)51-48(39)44/h1-30H. The Bertz CT molecular complexity index is 3140. The van der Waals surface area contributed by atoms with Crippen LogP contribution in [-0.4, -0.2) is 9.13 Å². The van der Waals surface area contributed by atoms with Crippen molar-refractivity contribution >= 4 is 75.1 Å². The van der Waals surface area contributed by atoms with Gasteiger partial charge in [0.2, 0.25) is 0 Å². The third-order valence-electron chi connectivity index (χ3n) is 10.5. The Morgan fingerprint density at radius 3 is 1.80 bits per heavy atom. The van der Waals surface area contributed by atoms with Crippen LogP contribution in [0.4, 0.5) is 0 Å². The number of aromatic nitrogens is 2. The zero-order valence-electron chi connectivity index (χ0n) is 27.6. The van der Waals surface area contributed by atoms with Crippen LogP contribution in [0.1, 0.15) is 0 Å². The molecule has 3 heterocycles. The van der Waals surface area contributed by atoms with Crippen LogP contribution in [0, 0.1) is 0 Å². The molecule has 3 aromatic heterocycles. The molecule has 0 fully saturated rings. The van der Waals surface area contributed by atoms with Crippen molar-refractivity contribution in [2.75, 3.05) is 0 Å². The SMILES string of the molecule is c1ccc(-c2cccc(-c3cccc(-n4c5ccccc5c5c4ccc4c6ccccc6n(-c6cccc7c6sc6ccccc67)c45)c3)c2)cc1. The zero-order valence-corrected chi connectivity index (χ0v) is 28.4. The maximum absolute atomic E-state index is 2.53. The number of rotatable bonds is 4. The van der Waals surface area contributed by atoms with Gasteiger partial charge in [0.25, 0.3) is 0 Å². The third-order valence-corrected chi connectivity index (χ3v) is 11.7. The Morgan fingerprint density at radius 1 is 0.353 bits per heavy atom. The second-order valence-electron chi connectivity index (χ2n) is 13.3. The Hall–Kier alpha value is -6.42.